The summed E-state index contributed by atoms with van der Waals surface area (Å²) in [5.74, 6) is -0.0802. The summed E-state index contributed by atoms with van der Waals surface area (Å²) in [6, 6.07) is 5.73. The Morgan fingerprint density at radius 1 is 1.47 bits per heavy atom. The van der Waals surface area contributed by atoms with E-state index in [1.165, 1.54) is 0 Å². The predicted octanol–water partition coefficient (Wildman–Crippen LogP) is 2.73. The molecular weight excluding hydrogens is 216 g/mol. The molecule has 0 aliphatic heterocycles. The van der Waals surface area contributed by atoms with Crippen molar-refractivity contribution in [1.82, 2.24) is 5.32 Å². The van der Waals surface area contributed by atoms with Crippen molar-refractivity contribution in [3.8, 4) is 0 Å². The van der Waals surface area contributed by atoms with Crippen LogP contribution in [-0.4, -0.2) is 19.0 Å². The molecule has 0 atom stereocenters. The number of amides is 1. The molecule has 1 aromatic rings. The SMILES string of the molecule is Cc1ccc(C(=O)NCCCN=[N+]=[N-])c(C)c1. The highest BCUT2D eigenvalue weighted by Gasteiger charge is 2.07. The zero-order chi connectivity index (χ0) is 12.7. The predicted molar refractivity (Wildman–Crippen MR) is 66.9 cm³/mol. The smallest absolute Gasteiger partial charge is 0.251 e. The molecule has 1 rings (SSSR count). The first-order valence-electron chi connectivity index (χ1n) is 5.51. The van der Waals surface area contributed by atoms with E-state index in [9.17, 15) is 4.79 Å². The molecule has 0 heterocycles. The molecule has 0 fully saturated rings. The first kappa shape index (κ1) is 13.1. The zero-order valence-electron chi connectivity index (χ0n) is 10.1. The van der Waals surface area contributed by atoms with Crippen molar-refractivity contribution in [2.45, 2.75) is 20.3 Å². The second-order valence-corrected chi connectivity index (χ2v) is 3.88. The van der Waals surface area contributed by atoms with Crippen LogP contribution in [0.25, 0.3) is 10.4 Å². The number of nitrogens with one attached hydrogen (secondary N) is 1. The van der Waals surface area contributed by atoms with Crippen LogP contribution in [0.3, 0.4) is 0 Å². The maximum atomic E-state index is 11.8. The highest BCUT2D eigenvalue weighted by atomic mass is 16.1. The van der Waals surface area contributed by atoms with Gasteiger partial charge in [0, 0.05) is 23.6 Å². The van der Waals surface area contributed by atoms with Gasteiger partial charge in [-0.2, -0.15) is 0 Å². The molecule has 90 valence electrons. The van der Waals surface area contributed by atoms with Crippen molar-refractivity contribution in [2.24, 2.45) is 5.11 Å². The summed E-state index contributed by atoms with van der Waals surface area (Å²) in [6.07, 6.45) is 0.653. The summed E-state index contributed by atoms with van der Waals surface area (Å²) >= 11 is 0. The quantitative estimate of drug-likeness (QED) is 0.360. The molecule has 0 aliphatic rings. The van der Waals surface area contributed by atoms with Gasteiger partial charge in [0.1, 0.15) is 0 Å². The third-order valence-corrected chi connectivity index (χ3v) is 2.41. The van der Waals surface area contributed by atoms with Crippen molar-refractivity contribution in [3.63, 3.8) is 0 Å². The molecule has 0 bridgehead atoms. The van der Waals surface area contributed by atoms with Gasteiger partial charge < -0.3 is 5.32 Å². The van der Waals surface area contributed by atoms with Crippen LogP contribution in [0.5, 0.6) is 0 Å². The summed E-state index contributed by atoms with van der Waals surface area (Å²) in [6.45, 7) is 4.84. The van der Waals surface area contributed by atoms with Gasteiger partial charge in [0.25, 0.3) is 5.91 Å². The molecule has 17 heavy (non-hydrogen) atoms. The van der Waals surface area contributed by atoms with Gasteiger partial charge in [-0.15, -0.1) is 0 Å². The van der Waals surface area contributed by atoms with Crippen LogP contribution in [0, 0.1) is 13.8 Å². The normalized spacial score (nSPS) is 9.53. The van der Waals surface area contributed by atoms with Gasteiger partial charge in [0.2, 0.25) is 0 Å². The van der Waals surface area contributed by atoms with E-state index >= 15 is 0 Å². The topological polar surface area (TPSA) is 77.9 Å². The Morgan fingerprint density at radius 3 is 2.88 bits per heavy atom. The molecule has 0 saturated carbocycles. The number of benzene rings is 1. The lowest BCUT2D eigenvalue weighted by Gasteiger charge is -2.07. The number of rotatable bonds is 5. The second-order valence-electron chi connectivity index (χ2n) is 3.88. The molecule has 0 unspecified atom stereocenters. The number of hydrogen-bond acceptors (Lipinski definition) is 2. The molecule has 5 heteroatoms. The summed E-state index contributed by atoms with van der Waals surface area (Å²) < 4.78 is 0. The van der Waals surface area contributed by atoms with Gasteiger partial charge in [-0.25, -0.2) is 0 Å². The third-order valence-electron chi connectivity index (χ3n) is 2.41. The van der Waals surface area contributed by atoms with Crippen molar-refractivity contribution in [1.29, 1.82) is 0 Å². The number of nitrogens with zero attached hydrogens (tertiary/aromatic N) is 3. The van der Waals surface area contributed by atoms with Gasteiger partial charge in [-0.05, 0) is 37.4 Å². The van der Waals surface area contributed by atoms with Crippen LogP contribution in [0.2, 0.25) is 0 Å². The molecule has 0 aromatic heterocycles. The van der Waals surface area contributed by atoms with Crippen molar-refractivity contribution in [2.75, 3.05) is 13.1 Å². The first-order valence-corrected chi connectivity index (χ1v) is 5.51. The van der Waals surface area contributed by atoms with Crippen LogP contribution in [0.4, 0.5) is 0 Å². The fraction of sp³-hybridized carbons (Fsp3) is 0.417. The maximum Gasteiger partial charge on any atom is 0.251 e. The highest BCUT2D eigenvalue weighted by molar-refractivity contribution is 5.95. The summed E-state index contributed by atoms with van der Waals surface area (Å²) in [5, 5.41) is 6.20. The van der Waals surface area contributed by atoms with Crippen LogP contribution >= 0.6 is 0 Å². The Balaban J connectivity index is 2.49. The summed E-state index contributed by atoms with van der Waals surface area (Å²) in [7, 11) is 0. The summed E-state index contributed by atoms with van der Waals surface area (Å²) in [5.41, 5.74) is 10.9. The fourth-order valence-electron chi connectivity index (χ4n) is 1.56. The molecule has 0 saturated heterocycles. The molecule has 1 N–H and O–H groups in total. The van der Waals surface area contributed by atoms with E-state index in [4.69, 9.17) is 5.53 Å². The van der Waals surface area contributed by atoms with Crippen LogP contribution in [0.15, 0.2) is 23.3 Å². The lowest BCUT2D eigenvalue weighted by atomic mass is 10.1. The Bertz CT molecular complexity index is 450. The maximum absolute atomic E-state index is 11.8. The van der Waals surface area contributed by atoms with E-state index in [0.29, 0.717) is 25.1 Å². The number of aryl methyl sites for hydroxylation is 2. The van der Waals surface area contributed by atoms with Crippen molar-refractivity contribution in [3.05, 3.63) is 45.3 Å². The summed E-state index contributed by atoms with van der Waals surface area (Å²) in [4.78, 5) is 14.4. The van der Waals surface area contributed by atoms with Crippen molar-refractivity contribution >= 4 is 5.91 Å². The molecule has 0 aliphatic carbocycles. The Labute approximate surface area is 100 Å². The standard InChI is InChI=1S/C12H16N4O/c1-9-4-5-11(10(2)8-9)12(17)14-6-3-7-15-16-13/h4-5,8H,3,6-7H2,1-2H3,(H,14,17). The molecule has 1 amide bonds. The molecule has 0 radical (unpaired) electrons. The monoisotopic (exact) mass is 232 g/mol. The van der Waals surface area contributed by atoms with Gasteiger partial charge >= 0.3 is 0 Å². The first-order chi connectivity index (χ1) is 8.15. The molecular formula is C12H16N4O. The van der Waals surface area contributed by atoms with Crippen LogP contribution in [-0.2, 0) is 0 Å². The van der Waals surface area contributed by atoms with E-state index in [0.717, 1.165) is 11.1 Å². The molecule has 1 aromatic carbocycles. The van der Waals surface area contributed by atoms with Crippen molar-refractivity contribution < 1.29 is 4.79 Å². The number of carbonyl (C=O) groups is 1. The lowest BCUT2D eigenvalue weighted by Crippen LogP contribution is -2.25. The van der Waals surface area contributed by atoms with Crippen LogP contribution < -0.4 is 5.32 Å². The number of carbonyl (C=O) groups excluding carboxylic acids is 1. The minimum Gasteiger partial charge on any atom is -0.352 e. The number of hydrogen-bond donors (Lipinski definition) is 1. The fourth-order valence-corrected chi connectivity index (χ4v) is 1.56. The Kier molecular flexibility index (Phi) is 5.04. The molecule has 0 spiro atoms. The average molecular weight is 232 g/mol. The van der Waals surface area contributed by atoms with E-state index in [-0.39, 0.29) is 5.91 Å². The van der Waals surface area contributed by atoms with Crippen LogP contribution in [0.1, 0.15) is 27.9 Å². The van der Waals surface area contributed by atoms with E-state index < -0.39 is 0 Å². The zero-order valence-corrected chi connectivity index (χ0v) is 10.1. The lowest BCUT2D eigenvalue weighted by molar-refractivity contribution is 0.0953. The van der Waals surface area contributed by atoms with Gasteiger partial charge in [-0.3, -0.25) is 4.79 Å². The average Bonchev–Trinajstić information content (AvgIpc) is 2.28. The van der Waals surface area contributed by atoms with Gasteiger partial charge in [0.15, 0.2) is 0 Å². The number of azide groups is 1. The minimum absolute atomic E-state index is 0.0802. The third kappa shape index (κ3) is 4.17. The van der Waals surface area contributed by atoms with E-state index in [2.05, 4.69) is 15.3 Å². The van der Waals surface area contributed by atoms with E-state index in [1.54, 1.807) is 0 Å². The largest absolute Gasteiger partial charge is 0.352 e. The second kappa shape index (κ2) is 6.55. The Hall–Kier alpha value is -2.00. The minimum atomic E-state index is -0.0802. The van der Waals surface area contributed by atoms with Gasteiger partial charge in [-0.1, -0.05) is 22.8 Å². The highest BCUT2D eigenvalue weighted by Crippen LogP contribution is 2.10. The van der Waals surface area contributed by atoms with Gasteiger partial charge in [0.05, 0.1) is 0 Å². The molecule has 5 nitrogen and oxygen atoms in total. The van der Waals surface area contributed by atoms with E-state index in [1.807, 2.05) is 32.0 Å². The Morgan fingerprint density at radius 2 is 2.24 bits per heavy atom.